The van der Waals surface area contributed by atoms with Gasteiger partial charge in [0.15, 0.2) is 11.5 Å². The van der Waals surface area contributed by atoms with Gasteiger partial charge in [-0.2, -0.15) is 0 Å². The highest BCUT2D eigenvalue weighted by Gasteiger charge is 2.16. The summed E-state index contributed by atoms with van der Waals surface area (Å²) in [6.07, 6.45) is 0. The molecule has 0 spiro atoms. The van der Waals surface area contributed by atoms with Gasteiger partial charge in [0.05, 0.1) is 23.0 Å². The average molecular weight is 280 g/mol. The third-order valence-electron chi connectivity index (χ3n) is 2.27. The summed E-state index contributed by atoms with van der Waals surface area (Å²) in [6, 6.07) is 8.17. The molecule has 0 fully saturated rings. The molecule has 0 saturated carbocycles. The molecule has 0 bridgehead atoms. The Morgan fingerprint density at radius 1 is 0.889 bits per heavy atom. The summed E-state index contributed by atoms with van der Waals surface area (Å²) in [6.45, 7) is 5.25. The maximum atomic E-state index is 5.80. The van der Waals surface area contributed by atoms with Gasteiger partial charge in [-0.1, -0.05) is 12.1 Å². The zero-order valence-electron chi connectivity index (χ0n) is 10.5. The van der Waals surface area contributed by atoms with E-state index < -0.39 is 0 Å². The van der Waals surface area contributed by atoms with Gasteiger partial charge < -0.3 is 9.47 Å². The Hall–Kier alpha value is -1.26. The smallest absolute Gasteiger partial charge is 0.179 e. The molecule has 96 valence electrons. The number of hydrogen-bond donors (Lipinski definition) is 0. The molecular formula is C14H16O2S2. The zero-order valence-corrected chi connectivity index (χ0v) is 12.1. The average Bonchev–Trinajstić information content (AvgIpc) is 3.05. The fourth-order valence-electron chi connectivity index (χ4n) is 1.60. The third-order valence-corrected chi connectivity index (χ3v) is 4.01. The minimum Gasteiger partial charge on any atom is -0.488 e. The Morgan fingerprint density at radius 3 is 1.61 bits per heavy atom. The van der Waals surface area contributed by atoms with Crippen LogP contribution in [-0.2, 0) is 9.47 Å². The molecule has 0 aliphatic carbocycles. The van der Waals surface area contributed by atoms with Crippen molar-refractivity contribution in [3.8, 4) is 0 Å². The lowest BCUT2D eigenvalue weighted by Crippen LogP contribution is -1.98. The lowest BCUT2D eigenvalue weighted by molar-refractivity contribution is 0.262. The van der Waals surface area contributed by atoms with Crippen molar-refractivity contribution in [2.24, 2.45) is 0 Å². The van der Waals surface area contributed by atoms with E-state index in [9.17, 15) is 0 Å². The Bertz CT molecular complexity index is 438. The quantitative estimate of drug-likeness (QED) is 0.713. The van der Waals surface area contributed by atoms with Crippen LogP contribution >= 0.6 is 22.7 Å². The number of ether oxygens (including phenoxy) is 2. The van der Waals surface area contributed by atoms with Crippen LogP contribution in [0, 0.1) is 0 Å². The van der Waals surface area contributed by atoms with Gasteiger partial charge in [0.25, 0.3) is 0 Å². The summed E-state index contributed by atoms with van der Waals surface area (Å²) in [7, 11) is 0. The normalized spacial score (nSPS) is 12.1. The van der Waals surface area contributed by atoms with Crippen molar-refractivity contribution in [2.45, 2.75) is 13.8 Å². The van der Waals surface area contributed by atoms with Gasteiger partial charge >= 0.3 is 0 Å². The van der Waals surface area contributed by atoms with Gasteiger partial charge in [-0.25, -0.2) is 0 Å². The summed E-state index contributed by atoms with van der Waals surface area (Å²) < 4.78 is 11.6. The topological polar surface area (TPSA) is 18.5 Å². The molecule has 18 heavy (non-hydrogen) atoms. The first kappa shape index (κ1) is 13.2. The monoisotopic (exact) mass is 280 g/mol. The lowest BCUT2D eigenvalue weighted by atomic mass is 10.3. The fourth-order valence-corrected chi connectivity index (χ4v) is 3.04. The predicted octanol–water partition coefficient (Wildman–Crippen LogP) is 4.71. The van der Waals surface area contributed by atoms with Crippen LogP contribution in [0.2, 0.25) is 0 Å². The van der Waals surface area contributed by atoms with Crippen molar-refractivity contribution < 1.29 is 9.47 Å². The van der Waals surface area contributed by atoms with Crippen LogP contribution in [0.4, 0.5) is 0 Å². The van der Waals surface area contributed by atoms with E-state index in [0.717, 1.165) is 21.3 Å². The minimum atomic E-state index is 0.634. The molecule has 2 aromatic heterocycles. The standard InChI is InChI=1S/C14H16O2S2/c1-3-15-13(11-7-5-9-17-11)14(16-4-2)12-8-6-10-18-12/h5-10H,3-4H2,1-2H3/b14-13+. The second-order valence-electron chi connectivity index (χ2n) is 3.48. The van der Waals surface area contributed by atoms with Crippen LogP contribution in [-0.4, -0.2) is 13.2 Å². The Morgan fingerprint density at radius 2 is 1.33 bits per heavy atom. The van der Waals surface area contributed by atoms with Crippen molar-refractivity contribution >= 4 is 34.2 Å². The molecule has 4 heteroatoms. The van der Waals surface area contributed by atoms with Crippen molar-refractivity contribution in [1.29, 1.82) is 0 Å². The molecule has 0 unspecified atom stereocenters. The molecule has 2 heterocycles. The number of hydrogen-bond acceptors (Lipinski definition) is 4. The van der Waals surface area contributed by atoms with Crippen LogP contribution in [0.3, 0.4) is 0 Å². The molecule has 0 aromatic carbocycles. The second kappa shape index (κ2) is 6.61. The van der Waals surface area contributed by atoms with E-state index >= 15 is 0 Å². The SMILES string of the molecule is CCO/C(=C(/OCC)c1cccs1)c1cccs1. The van der Waals surface area contributed by atoms with Gasteiger partial charge in [0.2, 0.25) is 0 Å². The zero-order chi connectivity index (χ0) is 12.8. The Kier molecular flexibility index (Phi) is 4.84. The van der Waals surface area contributed by atoms with E-state index in [1.165, 1.54) is 0 Å². The molecule has 2 aromatic rings. The van der Waals surface area contributed by atoms with Crippen LogP contribution in [0.1, 0.15) is 23.6 Å². The van der Waals surface area contributed by atoms with Crippen molar-refractivity contribution in [3.63, 3.8) is 0 Å². The summed E-state index contributed by atoms with van der Waals surface area (Å²) in [4.78, 5) is 2.21. The van der Waals surface area contributed by atoms with Crippen molar-refractivity contribution in [1.82, 2.24) is 0 Å². The first-order chi connectivity index (χ1) is 8.86. The third kappa shape index (κ3) is 2.94. The van der Waals surface area contributed by atoms with Crippen LogP contribution in [0.15, 0.2) is 35.0 Å². The fraction of sp³-hybridized carbons (Fsp3) is 0.286. The second-order valence-corrected chi connectivity index (χ2v) is 5.37. The summed E-state index contributed by atoms with van der Waals surface area (Å²) in [5.74, 6) is 1.69. The van der Waals surface area contributed by atoms with Crippen molar-refractivity contribution in [3.05, 3.63) is 44.8 Å². The van der Waals surface area contributed by atoms with Crippen LogP contribution in [0.5, 0.6) is 0 Å². The predicted molar refractivity (Wildman–Crippen MR) is 78.7 cm³/mol. The molecule has 0 N–H and O–H groups in total. The molecule has 0 amide bonds. The van der Waals surface area contributed by atoms with E-state index in [4.69, 9.17) is 9.47 Å². The lowest BCUT2D eigenvalue weighted by Gasteiger charge is -2.13. The van der Waals surface area contributed by atoms with Crippen molar-refractivity contribution in [2.75, 3.05) is 13.2 Å². The summed E-state index contributed by atoms with van der Waals surface area (Å²) in [5.41, 5.74) is 0. The molecular weight excluding hydrogens is 264 g/mol. The van der Waals surface area contributed by atoms with Gasteiger partial charge in [0.1, 0.15) is 0 Å². The molecule has 0 aliphatic heterocycles. The Balaban J connectivity index is 2.47. The van der Waals surface area contributed by atoms with E-state index in [1.807, 2.05) is 36.7 Å². The molecule has 0 atom stereocenters. The van der Waals surface area contributed by atoms with Gasteiger partial charge in [-0.15, -0.1) is 22.7 Å². The van der Waals surface area contributed by atoms with Crippen LogP contribution in [0.25, 0.3) is 11.5 Å². The van der Waals surface area contributed by atoms with E-state index in [0.29, 0.717) is 13.2 Å². The van der Waals surface area contributed by atoms with Gasteiger partial charge in [-0.05, 0) is 36.7 Å². The highest BCUT2D eigenvalue weighted by atomic mass is 32.1. The first-order valence-electron chi connectivity index (χ1n) is 5.94. The molecule has 0 saturated heterocycles. The number of thiophene rings is 2. The maximum absolute atomic E-state index is 5.80. The molecule has 0 radical (unpaired) electrons. The maximum Gasteiger partial charge on any atom is 0.179 e. The minimum absolute atomic E-state index is 0.634. The molecule has 0 aliphatic rings. The van der Waals surface area contributed by atoms with Gasteiger partial charge in [0, 0.05) is 0 Å². The summed E-state index contributed by atoms with van der Waals surface area (Å²) >= 11 is 3.33. The van der Waals surface area contributed by atoms with E-state index in [1.54, 1.807) is 22.7 Å². The van der Waals surface area contributed by atoms with Gasteiger partial charge in [-0.3, -0.25) is 0 Å². The van der Waals surface area contributed by atoms with E-state index in [-0.39, 0.29) is 0 Å². The van der Waals surface area contributed by atoms with Crippen LogP contribution < -0.4 is 0 Å². The summed E-state index contributed by atoms with van der Waals surface area (Å²) in [5, 5.41) is 4.10. The highest BCUT2D eigenvalue weighted by molar-refractivity contribution is 7.12. The first-order valence-corrected chi connectivity index (χ1v) is 7.70. The largest absolute Gasteiger partial charge is 0.488 e. The van der Waals surface area contributed by atoms with E-state index in [2.05, 4.69) is 12.1 Å². The highest BCUT2D eigenvalue weighted by Crippen LogP contribution is 2.33. The molecule has 2 nitrogen and oxygen atoms in total. The number of rotatable bonds is 6. The Labute approximate surface area is 115 Å². The molecule has 2 rings (SSSR count).